The van der Waals surface area contributed by atoms with E-state index in [4.69, 9.17) is 18.9 Å². The molecule has 14 nitrogen and oxygen atoms in total. The highest BCUT2D eigenvalue weighted by Gasteiger charge is 2.38. The number of carbonyl (C=O) groups excluding carboxylic acids is 3. The van der Waals surface area contributed by atoms with Gasteiger partial charge in [-0.3, -0.25) is 14.2 Å². The number of aliphatic hydroxyl groups excluding tert-OH is 1. The van der Waals surface area contributed by atoms with E-state index in [1.165, 1.54) is 36.4 Å². The van der Waals surface area contributed by atoms with Crippen LogP contribution in [0.2, 0.25) is 0 Å². The molecule has 5 atom stereocenters. The highest BCUT2D eigenvalue weighted by molar-refractivity contribution is 7.91. The Kier molecular flexibility index (Phi) is 12.3. The molecule has 1 saturated carbocycles. The van der Waals surface area contributed by atoms with Crippen LogP contribution in [-0.2, 0) is 38.4 Å². The molecule has 1 aliphatic heterocycles. The van der Waals surface area contributed by atoms with Crippen molar-refractivity contribution in [3.05, 3.63) is 59.8 Å². The van der Waals surface area contributed by atoms with Crippen LogP contribution >= 0.6 is 0 Å². The lowest BCUT2D eigenvalue weighted by molar-refractivity contribution is -0.832. The molecule has 0 bridgehead atoms. The zero-order valence-electron chi connectivity index (χ0n) is 25.4. The van der Waals surface area contributed by atoms with Gasteiger partial charge in [0.15, 0.2) is 0 Å². The molecule has 1 aromatic carbocycles. The van der Waals surface area contributed by atoms with Gasteiger partial charge in [0.2, 0.25) is 0 Å². The average molecular weight is 663 g/mol. The zero-order chi connectivity index (χ0) is 33.1. The standard InChI is InChI=1S/C31H38N2O12S/c1-21-9-4-2-5-10-22-19-23(20-25(22)26(34)13-14-28(36)43-21)44-29(37)16-15-27(35)41-17-8-18-42-30-31(33(38)45-32-30)46(39,40)24-11-6-3-7-12-24/h3,5-7,10-14,21-23,25-26,34H,2,4,8-9,15-20H2,1H3/b10-5+,14-13+/t21-,22+,23-,25+,26+/m0/s1. The number of hydrogen-bond acceptors (Lipinski definition) is 13. The van der Waals surface area contributed by atoms with Gasteiger partial charge in [0, 0.05) is 12.5 Å². The molecule has 46 heavy (non-hydrogen) atoms. The van der Waals surface area contributed by atoms with Crippen LogP contribution in [0.1, 0.15) is 58.3 Å². The van der Waals surface area contributed by atoms with Crippen LogP contribution in [0.25, 0.3) is 0 Å². The molecule has 250 valence electrons. The van der Waals surface area contributed by atoms with E-state index in [0.717, 1.165) is 19.3 Å². The molecule has 1 N–H and O–H groups in total. The van der Waals surface area contributed by atoms with Crippen LogP contribution in [-0.4, -0.2) is 68.1 Å². The number of rotatable bonds is 11. The van der Waals surface area contributed by atoms with Gasteiger partial charge in [-0.05, 0) is 74.0 Å². The molecule has 1 aromatic heterocycles. The number of carbonyl (C=O) groups is 3. The van der Waals surface area contributed by atoms with Crippen LogP contribution < -0.4 is 9.64 Å². The summed E-state index contributed by atoms with van der Waals surface area (Å²) in [5, 5.41) is 25.3. The van der Waals surface area contributed by atoms with Gasteiger partial charge in [-0.2, -0.15) is 0 Å². The van der Waals surface area contributed by atoms with Crippen molar-refractivity contribution in [1.82, 2.24) is 5.16 Å². The van der Waals surface area contributed by atoms with Crippen molar-refractivity contribution in [2.45, 2.75) is 86.5 Å². The first-order valence-electron chi connectivity index (χ1n) is 15.2. The average Bonchev–Trinajstić information content (AvgIpc) is 3.61. The van der Waals surface area contributed by atoms with Gasteiger partial charge in [-0.15, -0.1) is 0 Å². The predicted octanol–water partition coefficient (Wildman–Crippen LogP) is 2.76. The van der Waals surface area contributed by atoms with Gasteiger partial charge in [0.1, 0.15) is 6.10 Å². The minimum atomic E-state index is -4.26. The molecule has 1 aliphatic carbocycles. The molecule has 2 heterocycles. The smallest absolute Gasteiger partial charge is 0.414 e. The molecule has 2 aromatic rings. The van der Waals surface area contributed by atoms with E-state index in [-0.39, 0.29) is 60.2 Å². The second kappa shape index (κ2) is 16.4. The topological polar surface area (TPSA) is 195 Å². The Balaban J connectivity index is 1.18. The summed E-state index contributed by atoms with van der Waals surface area (Å²) in [5.74, 6) is -2.55. The predicted molar refractivity (Wildman–Crippen MR) is 157 cm³/mol. The van der Waals surface area contributed by atoms with E-state index in [1.54, 1.807) is 6.07 Å². The van der Waals surface area contributed by atoms with Crippen molar-refractivity contribution in [2.24, 2.45) is 11.8 Å². The largest absolute Gasteiger partial charge is 0.466 e. The number of fused-ring (bicyclic) bond motifs is 1. The lowest BCUT2D eigenvalue weighted by atomic mass is 9.90. The summed E-state index contributed by atoms with van der Waals surface area (Å²) in [5.41, 5.74) is 0. The SMILES string of the molecule is C[C@H]1CCC/C=C/[C@@H]2C[C@H](OC(=O)CCC(=O)OCCCOc3no[n+]([O-])c3S(=O)(=O)c3ccccc3)C[C@H]2[C@H](O)/C=C/C(=O)O1. The maximum Gasteiger partial charge on any atom is 0.414 e. The number of allylic oxidation sites excluding steroid dienone is 2. The van der Waals surface area contributed by atoms with Crippen molar-refractivity contribution < 1.29 is 56.4 Å². The summed E-state index contributed by atoms with van der Waals surface area (Å²) in [6, 6.07) is 7.25. The summed E-state index contributed by atoms with van der Waals surface area (Å²) in [7, 11) is -4.26. The number of cyclic esters (lactones) is 1. The first-order valence-corrected chi connectivity index (χ1v) is 16.6. The van der Waals surface area contributed by atoms with Gasteiger partial charge < -0.3 is 29.3 Å². The summed E-state index contributed by atoms with van der Waals surface area (Å²) in [4.78, 5) is 36.3. The maximum absolute atomic E-state index is 12.8. The van der Waals surface area contributed by atoms with E-state index in [2.05, 4.69) is 9.79 Å². The molecule has 0 spiro atoms. The maximum atomic E-state index is 12.8. The highest BCUT2D eigenvalue weighted by atomic mass is 32.2. The molecular formula is C31H38N2O12S. The molecule has 0 radical (unpaired) electrons. The Hall–Kier alpha value is -4.24. The minimum Gasteiger partial charge on any atom is -0.466 e. The second-order valence-corrected chi connectivity index (χ2v) is 13.0. The number of benzene rings is 1. The van der Waals surface area contributed by atoms with Crippen molar-refractivity contribution in [1.29, 1.82) is 0 Å². The molecular weight excluding hydrogens is 624 g/mol. The van der Waals surface area contributed by atoms with Crippen molar-refractivity contribution >= 4 is 27.7 Å². The van der Waals surface area contributed by atoms with Crippen molar-refractivity contribution in [3.63, 3.8) is 0 Å². The third-order valence-corrected chi connectivity index (χ3v) is 9.37. The number of aliphatic hydroxyl groups is 1. The third kappa shape index (κ3) is 9.63. The van der Waals surface area contributed by atoms with Crippen LogP contribution in [0.4, 0.5) is 0 Å². The van der Waals surface area contributed by atoms with Crippen molar-refractivity contribution in [2.75, 3.05) is 13.2 Å². The third-order valence-electron chi connectivity index (χ3n) is 7.65. The fraction of sp³-hybridized carbons (Fsp3) is 0.516. The van der Waals surface area contributed by atoms with Gasteiger partial charge in [-0.1, -0.05) is 30.4 Å². The Bertz CT molecular complexity index is 1500. The summed E-state index contributed by atoms with van der Waals surface area (Å²) >= 11 is 0. The molecule has 1 fully saturated rings. The second-order valence-electron chi connectivity index (χ2n) is 11.1. The van der Waals surface area contributed by atoms with Gasteiger partial charge in [0.25, 0.3) is 9.84 Å². The lowest BCUT2D eigenvalue weighted by Crippen LogP contribution is -2.31. The Morgan fingerprint density at radius 3 is 2.65 bits per heavy atom. The highest BCUT2D eigenvalue weighted by Crippen LogP contribution is 2.38. The monoisotopic (exact) mass is 662 g/mol. The van der Waals surface area contributed by atoms with Gasteiger partial charge >= 0.3 is 28.8 Å². The quantitative estimate of drug-likeness (QED) is 0.121. The number of esters is 3. The number of hydrogen-bond donors (Lipinski definition) is 1. The Morgan fingerprint density at radius 2 is 1.87 bits per heavy atom. The van der Waals surface area contributed by atoms with E-state index in [0.29, 0.717) is 12.8 Å². The molecule has 4 rings (SSSR count). The van der Waals surface area contributed by atoms with Crippen LogP contribution in [0.15, 0.2) is 69.2 Å². The first-order chi connectivity index (χ1) is 22.0. The molecule has 0 unspecified atom stereocenters. The minimum absolute atomic E-state index is 0.0515. The van der Waals surface area contributed by atoms with Crippen LogP contribution in [0, 0.1) is 17.0 Å². The summed E-state index contributed by atoms with van der Waals surface area (Å²) in [6.45, 7) is 1.60. The Labute approximate surface area is 266 Å². The number of aromatic nitrogens is 2. The lowest BCUT2D eigenvalue weighted by Gasteiger charge is -2.19. The fourth-order valence-electron chi connectivity index (χ4n) is 5.35. The summed E-state index contributed by atoms with van der Waals surface area (Å²) < 4.78 is 51.3. The zero-order valence-corrected chi connectivity index (χ0v) is 26.2. The van der Waals surface area contributed by atoms with Crippen LogP contribution in [0.5, 0.6) is 5.88 Å². The Morgan fingerprint density at radius 1 is 1.11 bits per heavy atom. The summed E-state index contributed by atoms with van der Waals surface area (Å²) in [6.07, 6.45) is 8.14. The van der Waals surface area contributed by atoms with E-state index < -0.39 is 50.9 Å². The first kappa shape index (κ1) is 34.6. The van der Waals surface area contributed by atoms with Gasteiger partial charge in [-0.25, -0.2) is 13.2 Å². The van der Waals surface area contributed by atoms with E-state index in [9.17, 15) is 33.1 Å². The normalized spacial score (nSPS) is 25.1. The molecule has 0 amide bonds. The molecule has 2 aliphatic rings. The van der Waals surface area contributed by atoms with Gasteiger partial charge in [0.05, 0.1) is 48.3 Å². The van der Waals surface area contributed by atoms with Crippen molar-refractivity contribution in [3.8, 4) is 5.88 Å². The fourth-order valence-corrected chi connectivity index (χ4v) is 6.64. The number of sulfone groups is 1. The molecule has 15 heteroatoms. The number of ether oxygens (including phenoxy) is 4. The van der Waals surface area contributed by atoms with Crippen LogP contribution in [0.3, 0.4) is 0 Å². The van der Waals surface area contributed by atoms with E-state index in [1.807, 2.05) is 19.1 Å². The number of nitrogens with zero attached hydrogens (tertiary/aromatic N) is 2. The molecule has 0 saturated heterocycles. The van der Waals surface area contributed by atoms with E-state index >= 15 is 0 Å².